The third-order valence-electron chi connectivity index (χ3n) is 4.05. The maximum absolute atomic E-state index is 11.6. The maximum Gasteiger partial charge on any atom is 0.238 e. The molecule has 0 aromatic heterocycles. The molecule has 1 atom stereocenters. The van der Waals surface area contributed by atoms with Crippen LogP contribution in [0.2, 0.25) is 0 Å². The maximum atomic E-state index is 11.6. The Kier molecular flexibility index (Phi) is 3.47. The predicted octanol–water partition coefficient (Wildman–Crippen LogP) is 2.74. The van der Waals surface area contributed by atoms with Gasteiger partial charge in [0.25, 0.3) is 0 Å². The predicted molar refractivity (Wildman–Crippen MR) is 83.7 cm³/mol. The molecule has 0 saturated heterocycles. The highest BCUT2D eigenvalue weighted by Gasteiger charge is 2.23. The summed E-state index contributed by atoms with van der Waals surface area (Å²) >= 11 is 0. The molecule has 110 valence electrons. The van der Waals surface area contributed by atoms with Gasteiger partial charge in [0.1, 0.15) is 0 Å². The van der Waals surface area contributed by atoms with E-state index in [2.05, 4.69) is 17.4 Å². The van der Waals surface area contributed by atoms with Gasteiger partial charge in [-0.3, -0.25) is 0 Å². The summed E-state index contributed by atoms with van der Waals surface area (Å²) in [6.45, 7) is 1.78. The third kappa shape index (κ3) is 2.66. The molecule has 2 aromatic rings. The number of fused-ring (bicyclic) bond motifs is 1. The molecule has 0 heterocycles. The van der Waals surface area contributed by atoms with E-state index in [0.29, 0.717) is 5.56 Å². The van der Waals surface area contributed by atoms with Gasteiger partial charge in [0.2, 0.25) is 10.0 Å². The zero-order valence-electron chi connectivity index (χ0n) is 11.8. The lowest BCUT2D eigenvalue weighted by Gasteiger charge is -2.18. The number of sulfonamides is 1. The summed E-state index contributed by atoms with van der Waals surface area (Å²) in [5.74, 6) is 0. The van der Waals surface area contributed by atoms with Gasteiger partial charge in [0, 0.05) is 5.69 Å². The van der Waals surface area contributed by atoms with E-state index in [0.717, 1.165) is 18.5 Å². The Bertz CT molecular complexity index is 785. The van der Waals surface area contributed by atoms with Crippen LogP contribution in [-0.4, -0.2) is 8.42 Å². The van der Waals surface area contributed by atoms with E-state index in [9.17, 15) is 8.42 Å². The standard InChI is InChI=1S/C16H18N2O2S/c1-11-14(7-4-8-16(11)21(17,19)20)18-15-10-9-12-5-2-3-6-13(12)15/h2-8,15,18H,9-10H2,1H3,(H2,17,19,20). The molecule has 0 saturated carbocycles. The first kappa shape index (κ1) is 14.1. The van der Waals surface area contributed by atoms with Crippen LogP contribution in [0.5, 0.6) is 0 Å². The number of nitrogens with one attached hydrogen (secondary N) is 1. The van der Waals surface area contributed by atoms with E-state index in [1.54, 1.807) is 19.1 Å². The molecular formula is C16H18N2O2S. The first-order valence-corrected chi connectivity index (χ1v) is 8.48. The zero-order valence-corrected chi connectivity index (χ0v) is 12.7. The summed E-state index contributed by atoms with van der Waals surface area (Å²) in [4.78, 5) is 0.179. The highest BCUT2D eigenvalue weighted by atomic mass is 32.2. The van der Waals surface area contributed by atoms with Crippen LogP contribution in [0.4, 0.5) is 5.69 Å². The molecule has 1 unspecified atom stereocenters. The molecule has 1 aliphatic rings. The molecule has 0 amide bonds. The van der Waals surface area contributed by atoms with Gasteiger partial charge in [-0.1, -0.05) is 30.3 Å². The number of primary sulfonamides is 1. The van der Waals surface area contributed by atoms with E-state index < -0.39 is 10.0 Å². The molecule has 0 aliphatic heterocycles. The quantitative estimate of drug-likeness (QED) is 0.915. The zero-order chi connectivity index (χ0) is 15.0. The fraction of sp³-hybridized carbons (Fsp3) is 0.250. The van der Waals surface area contributed by atoms with Crippen molar-refractivity contribution in [1.82, 2.24) is 0 Å². The topological polar surface area (TPSA) is 72.2 Å². The highest BCUT2D eigenvalue weighted by molar-refractivity contribution is 7.89. The second kappa shape index (κ2) is 5.16. The molecule has 3 rings (SSSR count). The van der Waals surface area contributed by atoms with Gasteiger partial charge in [0.15, 0.2) is 0 Å². The van der Waals surface area contributed by atoms with Gasteiger partial charge in [-0.05, 0) is 48.6 Å². The monoisotopic (exact) mass is 302 g/mol. The molecule has 0 radical (unpaired) electrons. The number of hydrogen-bond acceptors (Lipinski definition) is 3. The molecule has 0 spiro atoms. The second-order valence-electron chi connectivity index (χ2n) is 5.41. The van der Waals surface area contributed by atoms with Crippen LogP contribution >= 0.6 is 0 Å². The Morgan fingerprint density at radius 2 is 1.90 bits per heavy atom. The van der Waals surface area contributed by atoms with Crippen molar-refractivity contribution >= 4 is 15.7 Å². The summed E-state index contributed by atoms with van der Waals surface area (Å²) in [6, 6.07) is 13.7. The minimum atomic E-state index is -3.69. The van der Waals surface area contributed by atoms with E-state index >= 15 is 0 Å². The third-order valence-corrected chi connectivity index (χ3v) is 5.11. The lowest BCUT2D eigenvalue weighted by molar-refractivity contribution is 0.597. The van der Waals surface area contributed by atoms with Crippen molar-refractivity contribution in [2.75, 3.05) is 5.32 Å². The van der Waals surface area contributed by atoms with Crippen LogP contribution in [-0.2, 0) is 16.4 Å². The molecule has 4 nitrogen and oxygen atoms in total. The van der Waals surface area contributed by atoms with Crippen molar-refractivity contribution in [2.24, 2.45) is 5.14 Å². The van der Waals surface area contributed by atoms with Crippen molar-refractivity contribution in [3.05, 3.63) is 59.2 Å². The van der Waals surface area contributed by atoms with Crippen molar-refractivity contribution in [2.45, 2.75) is 30.7 Å². The van der Waals surface area contributed by atoms with Gasteiger partial charge in [-0.15, -0.1) is 0 Å². The lowest BCUT2D eigenvalue weighted by Crippen LogP contribution is -2.15. The Labute approximate surface area is 125 Å². The number of nitrogens with two attached hydrogens (primary N) is 1. The number of hydrogen-bond donors (Lipinski definition) is 2. The average Bonchev–Trinajstić information content (AvgIpc) is 2.83. The van der Waals surface area contributed by atoms with E-state index in [1.807, 2.05) is 18.2 Å². The lowest BCUT2D eigenvalue weighted by atomic mass is 10.1. The normalized spacial score (nSPS) is 17.5. The summed E-state index contributed by atoms with van der Waals surface area (Å²) in [6.07, 6.45) is 2.06. The Balaban J connectivity index is 1.94. The van der Waals surface area contributed by atoms with Gasteiger partial charge >= 0.3 is 0 Å². The first-order chi connectivity index (χ1) is 9.97. The van der Waals surface area contributed by atoms with E-state index in [1.165, 1.54) is 11.1 Å². The van der Waals surface area contributed by atoms with Gasteiger partial charge in [-0.25, -0.2) is 13.6 Å². The summed E-state index contributed by atoms with van der Waals surface area (Å²) < 4.78 is 23.2. The molecule has 0 bridgehead atoms. The van der Waals surface area contributed by atoms with E-state index in [4.69, 9.17) is 5.14 Å². The van der Waals surface area contributed by atoms with Crippen molar-refractivity contribution in [3.8, 4) is 0 Å². The van der Waals surface area contributed by atoms with Crippen LogP contribution in [0, 0.1) is 6.92 Å². The fourth-order valence-corrected chi connectivity index (χ4v) is 3.78. The molecule has 5 heteroatoms. The first-order valence-electron chi connectivity index (χ1n) is 6.93. The largest absolute Gasteiger partial charge is 0.378 e. The SMILES string of the molecule is Cc1c(NC2CCc3ccccc32)cccc1S(N)(=O)=O. The average molecular weight is 302 g/mol. The summed E-state index contributed by atoms with van der Waals surface area (Å²) in [7, 11) is -3.69. The molecular weight excluding hydrogens is 284 g/mol. The minimum absolute atomic E-state index is 0.179. The smallest absolute Gasteiger partial charge is 0.238 e. The van der Waals surface area contributed by atoms with E-state index in [-0.39, 0.29) is 10.9 Å². The van der Waals surface area contributed by atoms with Crippen molar-refractivity contribution < 1.29 is 8.42 Å². The van der Waals surface area contributed by atoms with Crippen LogP contribution < -0.4 is 10.5 Å². The summed E-state index contributed by atoms with van der Waals surface area (Å²) in [5, 5.41) is 8.71. The highest BCUT2D eigenvalue weighted by Crippen LogP contribution is 2.35. The number of benzene rings is 2. The Morgan fingerprint density at radius 1 is 1.14 bits per heavy atom. The molecule has 21 heavy (non-hydrogen) atoms. The van der Waals surface area contributed by atoms with Crippen LogP contribution in [0.3, 0.4) is 0 Å². The van der Waals surface area contributed by atoms with Crippen LogP contribution in [0.1, 0.15) is 29.2 Å². The molecule has 2 aromatic carbocycles. The number of anilines is 1. The van der Waals surface area contributed by atoms with Crippen molar-refractivity contribution in [1.29, 1.82) is 0 Å². The van der Waals surface area contributed by atoms with Crippen molar-refractivity contribution in [3.63, 3.8) is 0 Å². The molecule has 0 fully saturated rings. The van der Waals surface area contributed by atoms with Crippen LogP contribution in [0.25, 0.3) is 0 Å². The molecule has 1 aliphatic carbocycles. The second-order valence-corrected chi connectivity index (χ2v) is 6.94. The molecule has 3 N–H and O–H groups in total. The Morgan fingerprint density at radius 3 is 2.67 bits per heavy atom. The Hall–Kier alpha value is -1.85. The van der Waals surface area contributed by atoms with Gasteiger partial charge in [-0.2, -0.15) is 0 Å². The summed E-state index contributed by atoms with van der Waals surface area (Å²) in [5.41, 5.74) is 4.14. The minimum Gasteiger partial charge on any atom is -0.378 e. The fourth-order valence-electron chi connectivity index (χ4n) is 2.97. The number of rotatable bonds is 3. The van der Waals surface area contributed by atoms with Gasteiger partial charge < -0.3 is 5.32 Å². The van der Waals surface area contributed by atoms with Crippen LogP contribution in [0.15, 0.2) is 47.4 Å². The number of aryl methyl sites for hydroxylation is 1. The van der Waals surface area contributed by atoms with Gasteiger partial charge in [0.05, 0.1) is 10.9 Å².